The highest BCUT2D eigenvalue weighted by Crippen LogP contribution is 2.31. The van der Waals surface area contributed by atoms with Crippen LogP contribution in [0.15, 0.2) is 40.3 Å². The van der Waals surface area contributed by atoms with Crippen LogP contribution in [-0.4, -0.2) is 57.8 Å². The number of imidazole rings is 1. The highest BCUT2D eigenvalue weighted by molar-refractivity contribution is 7.86. The van der Waals surface area contributed by atoms with Gasteiger partial charge in [0.15, 0.2) is 11.2 Å². The summed E-state index contributed by atoms with van der Waals surface area (Å²) in [6.07, 6.45) is -1.32. The number of aliphatic hydroxyl groups excluding tert-OH is 1. The molecule has 1 saturated heterocycles. The molecule has 3 atom stereocenters. The van der Waals surface area contributed by atoms with Gasteiger partial charge in [0, 0.05) is 12.3 Å². The van der Waals surface area contributed by atoms with Crippen molar-refractivity contribution in [1.29, 1.82) is 0 Å². The molecule has 3 heterocycles. The fourth-order valence-electron chi connectivity index (χ4n) is 3.42. The van der Waals surface area contributed by atoms with E-state index in [0.29, 0.717) is 0 Å². The third-order valence-corrected chi connectivity index (χ3v) is 6.71. The van der Waals surface area contributed by atoms with Crippen molar-refractivity contribution in [2.45, 2.75) is 50.5 Å². The molecule has 1 amide bonds. The van der Waals surface area contributed by atoms with Crippen molar-refractivity contribution in [2.24, 2.45) is 5.92 Å². The number of amides is 1. The maximum Gasteiger partial charge on any atom is 0.297 e. The Hall–Kier alpha value is -3.13. The van der Waals surface area contributed by atoms with E-state index in [1.807, 2.05) is 6.92 Å². The topological polar surface area (TPSA) is 165 Å². The highest BCUT2D eigenvalue weighted by atomic mass is 32.2. The normalized spacial score (nSPS) is 20.8. The molecular formula is C21H25N5O7S. The number of aliphatic hydroxyl groups is 1. The van der Waals surface area contributed by atoms with Crippen molar-refractivity contribution >= 4 is 33.1 Å². The summed E-state index contributed by atoms with van der Waals surface area (Å²) >= 11 is 0. The van der Waals surface area contributed by atoms with Crippen LogP contribution in [0.5, 0.6) is 0 Å². The van der Waals surface area contributed by atoms with Gasteiger partial charge in [-0.15, -0.1) is 0 Å². The Bertz CT molecular complexity index is 1360. The molecule has 3 aromatic rings. The van der Waals surface area contributed by atoms with Crippen molar-refractivity contribution < 1.29 is 27.2 Å². The molecule has 3 N–H and O–H groups in total. The fraction of sp³-hybridized carbons (Fsp3) is 0.429. The molecule has 1 aliphatic rings. The minimum Gasteiger partial charge on any atom is -0.390 e. The van der Waals surface area contributed by atoms with Crippen LogP contribution in [0.2, 0.25) is 0 Å². The second kappa shape index (κ2) is 9.25. The number of aromatic nitrogens is 4. The zero-order chi connectivity index (χ0) is 24.6. The number of rotatable bonds is 7. The molecule has 2 aromatic heterocycles. The van der Waals surface area contributed by atoms with E-state index in [1.165, 1.54) is 23.0 Å². The predicted molar refractivity (Wildman–Crippen MR) is 120 cm³/mol. The molecule has 0 bridgehead atoms. The number of benzene rings is 1. The summed E-state index contributed by atoms with van der Waals surface area (Å²) in [6.45, 7) is 4.84. The fourth-order valence-corrected chi connectivity index (χ4v) is 4.34. The van der Waals surface area contributed by atoms with Gasteiger partial charge in [0.05, 0.1) is 23.9 Å². The van der Waals surface area contributed by atoms with Gasteiger partial charge >= 0.3 is 0 Å². The maximum absolute atomic E-state index is 12.4. The molecule has 12 nitrogen and oxygen atoms in total. The Labute approximate surface area is 195 Å². The van der Waals surface area contributed by atoms with Gasteiger partial charge in [-0.25, -0.2) is 4.98 Å². The molecule has 0 saturated carbocycles. The van der Waals surface area contributed by atoms with Crippen LogP contribution in [0.1, 0.15) is 32.1 Å². The molecule has 34 heavy (non-hydrogen) atoms. The van der Waals surface area contributed by atoms with Crippen LogP contribution in [0.3, 0.4) is 0 Å². The largest absolute Gasteiger partial charge is 0.390 e. The Morgan fingerprint density at radius 3 is 2.74 bits per heavy atom. The number of hydrogen-bond acceptors (Lipinski definition) is 9. The number of carbonyl (C=O) groups is 1. The molecular weight excluding hydrogens is 466 g/mol. The lowest BCUT2D eigenvalue weighted by atomic mass is 10.2. The van der Waals surface area contributed by atoms with Gasteiger partial charge in [-0.2, -0.15) is 13.4 Å². The minimum atomic E-state index is -4.03. The van der Waals surface area contributed by atoms with E-state index in [9.17, 15) is 23.1 Å². The Balaban J connectivity index is 1.51. The van der Waals surface area contributed by atoms with Crippen LogP contribution in [0, 0.1) is 12.8 Å². The van der Waals surface area contributed by atoms with E-state index < -0.39 is 40.7 Å². The summed E-state index contributed by atoms with van der Waals surface area (Å²) in [5, 5.41) is 13.0. The van der Waals surface area contributed by atoms with Crippen LogP contribution in [-0.2, 0) is 23.8 Å². The van der Waals surface area contributed by atoms with Crippen LogP contribution in [0.25, 0.3) is 11.2 Å². The summed E-state index contributed by atoms with van der Waals surface area (Å²) < 4.78 is 37.3. The van der Waals surface area contributed by atoms with Crippen LogP contribution >= 0.6 is 0 Å². The lowest BCUT2D eigenvalue weighted by molar-refractivity contribution is -0.118. The number of ether oxygens (including phenoxy) is 1. The molecule has 182 valence electrons. The van der Waals surface area contributed by atoms with Crippen molar-refractivity contribution in [1.82, 2.24) is 19.5 Å². The number of hydrogen-bond donors (Lipinski definition) is 3. The van der Waals surface area contributed by atoms with E-state index in [-0.39, 0.29) is 40.3 Å². The van der Waals surface area contributed by atoms with Gasteiger partial charge in [0.1, 0.15) is 12.3 Å². The van der Waals surface area contributed by atoms with E-state index >= 15 is 0 Å². The van der Waals surface area contributed by atoms with Crippen LogP contribution < -0.4 is 10.9 Å². The van der Waals surface area contributed by atoms with Crippen molar-refractivity contribution in [3.63, 3.8) is 0 Å². The number of aryl methyl sites for hydroxylation is 1. The Morgan fingerprint density at radius 1 is 1.35 bits per heavy atom. The average Bonchev–Trinajstić information content (AvgIpc) is 3.36. The molecule has 0 unspecified atom stereocenters. The lowest BCUT2D eigenvalue weighted by Crippen LogP contribution is -2.28. The lowest BCUT2D eigenvalue weighted by Gasteiger charge is -2.16. The van der Waals surface area contributed by atoms with Gasteiger partial charge < -0.3 is 9.84 Å². The van der Waals surface area contributed by atoms with Gasteiger partial charge in [-0.05, 0) is 19.1 Å². The van der Waals surface area contributed by atoms with Crippen molar-refractivity contribution in [3.8, 4) is 0 Å². The van der Waals surface area contributed by atoms with Gasteiger partial charge in [0.25, 0.3) is 15.7 Å². The number of aromatic amines is 1. The van der Waals surface area contributed by atoms with Crippen molar-refractivity contribution in [2.75, 3.05) is 11.9 Å². The minimum absolute atomic E-state index is 0.00198. The van der Waals surface area contributed by atoms with Crippen LogP contribution in [0.4, 0.5) is 5.95 Å². The number of nitrogens with zero attached hydrogens (tertiary/aromatic N) is 3. The summed E-state index contributed by atoms with van der Waals surface area (Å²) in [7, 11) is -4.03. The third kappa shape index (κ3) is 4.87. The first-order chi connectivity index (χ1) is 16.0. The highest BCUT2D eigenvalue weighted by Gasteiger charge is 2.37. The molecule has 4 rings (SSSR count). The van der Waals surface area contributed by atoms with Crippen molar-refractivity contribution in [3.05, 3.63) is 46.5 Å². The number of fused-ring (bicyclic) bond motifs is 1. The summed E-state index contributed by atoms with van der Waals surface area (Å²) in [6, 6.07) is 6.19. The SMILES string of the molecule is Cc1ccc(S(=O)(=O)OC[C@H]2O[C@@H](n3cnc4c(=O)[nH]c(NC(=O)C(C)C)nc43)C[C@H]2O)cc1. The Kier molecular flexibility index (Phi) is 6.53. The van der Waals surface area contributed by atoms with Gasteiger partial charge in [-0.3, -0.25) is 28.6 Å². The first-order valence-electron chi connectivity index (χ1n) is 10.6. The summed E-state index contributed by atoms with van der Waals surface area (Å²) in [5.41, 5.74) is 0.532. The number of nitrogens with one attached hydrogen (secondary N) is 2. The second-order valence-electron chi connectivity index (χ2n) is 8.37. The quantitative estimate of drug-likeness (QED) is 0.410. The molecule has 1 aliphatic heterocycles. The predicted octanol–water partition coefficient (Wildman–Crippen LogP) is 1.08. The first kappa shape index (κ1) is 24.0. The monoisotopic (exact) mass is 491 g/mol. The number of H-pyrrole nitrogens is 1. The smallest absolute Gasteiger partial charge is 0.297 e. The average molecular weight is 492 g/mol. The maximum atomic E-state index is 12.4. The zero-order valence-corrected chi connectivity index (χ0v) is 19.6. The van der Waals surface area contributed by atoms with E-state index in [2.05, 4.69) is 20.3 Å². The van der Waals surface area contributed by atoms with E-state index in [1.54, 1.807) is 26.0 Å². The van der Waals surface area contributed by atoms with E-state index in [4.69, 9.17) is 8.92 Å². The Morgan fingerprint density at radius 2 is 2.06 bits per heavy atom. The van der Waals surface area contributed by atoms with Gasteiger partial charge in [0.2, 0.25) is 11.9 Å². The van der Waals surface area contributed by atoms with Gasteiger partial charge in [-0.1, -0.05) is 31.5 Å². The number of anilines is 1. The molecule has 13 heteroatoms. The zero-order valence-electron chi connectivity index (χ0n) is 18.8. The number of carbonyl (C=O) groups excluding carboxylic acids is 1. The third-order valence-electron chi connectivity index (χ3n) is 5.41. The molecule has 0 spiro atoms. The summed E-state index contributed by atoms with van der Waals surface area (Å²) in [5.74, 6) is -0.690. The standard InChI is InChI=1S/C21H25N5O7S/c1-11(2)19(28)24-21-23-18-17(20(29)25-21)22-10-26(18)16-8-14(27)15(33-16)9-32-34(30,31)13-6-4-12(3)5-7-13/h4-7,10-11,14-16,27H,8-9H2,1-3H3,(H2,23,24,25,28,29)/t14-,15-,16-/m1/s1. The molecule has 1 aromatic carbocycles. The molecule has 0 radical (unpaired) electrons. The summed E-state index contributed by atoms with van der Waals surface area (Å²) in [4.78, 5) is 35.1. The van der Waals surface area contributed by atoms with E-state index in [0.717, 1.165) is 5.56 Å². The molecule has 0 aliphatic carbocycles. The molecule has 1 fully saturated rings. The first-order valence-corrected chi connectivity index (χ1v) is 12.0. The second-order valence-corrected chi connectivity index (χ2v) is 9.98.